The molecule has 1 aliphatic rings. The smallest absolute Gasteiger partial charge is 0.301 e. The zero-order valence-corrected chi connectivity index (χ0v) is 20.0. The molecule has 1 unspecified atom stereocenters. The molecule has 176 valence electrons. The number of rotatable bonds is 5. The minimum absolute atomic E-state index is 0.0785. The molecule has 1 atom stereocenters. The van der Waals surface area contributed by atoms with Crippen molar-refractivity contribution in [2.75, 3.05) is 11.5 Å². The molecule has 1 amide bonds. The highest BCUT2D eigenvalue weighted by atomic mass is 35.5. The third kappa shape index (κ3) is 4.00. The van der Waals surface area contributed by atoms with E-state index in [1.807, 2.05) is 24.3 Å². The lowest BCUT2D eigenvalue weighted by atomic mass is 9.95. The van der Waals surface area contributed by atoms with E-state index in [0.29, 0.717) is 33.4 Å². The van der Waals surface area contributed by atoms with Crippen LogP contribution in [0.3, 0.4) is 0 Å². The standard InChI is InChI=1S/C26H19ClN2O5S/c1-2-34-19-13-15(9-12-18(19)30)22-21(23(31)14-7-10-16(27)11-8-14)24(32)25(33)29(22)26-28-17-5-3-4-6-20(17)35-26/h3-13,22,30-31H,2H2,1H3/b23-21-. The van der Waals surface area contributed by atoms with Crippen molar-refractivity contribution in [3.05, 3.63) is 88.5 Å². The average molecular weight is 507 g/mol. The Labute approximate surface area is 209 Å². The Hall–Kier alpha value is -3.88. The van der Waals surface area contributed by atoms with E-state index in [9.17, 15) is 19.8 Å². The number of carbonyl (C=O) groups excluding carboxylic acids is 2. The fourth-order valence-electron chi connectivity index (χ4n) is 4.04. The monoisotopic (exact) mass is 506 g/mol. The number of amides is 1. The topological polar surface area (TPSA) is 100.0 Å². The SMILES string of the molecule is CCOc1cc(C2/C(=C(/O)c3ccc(Cl)cc3)C(=O)C(=O)N2c2nc3ccccc3s2)ccc1O. The van der Waals surface area contributed by atoms with Gasteiger partial charge in [-0.2, -0.15) is 0 Å². The molecule has 1 fully saturated rings. The van der Waals surface area contributed by atoms with Crippen LogP contribution in [-0.4, -0.2) is 33.5 Å². The van der Waals surface area contributed by atoms with Gasteiger partial charge in [0.05, 0.1) is 28.4 Å². The largest absolute Gasteiger partial charge is 0.507 e. The van der Waals surface area contributed by atoms with E-state index in [1.54, 1.807) is 43.3 Å². The normalized spacial score (nSPS) is 17.3. The summed E-state index contributed by atoms with van der Waals surface area (Å²) in [7, 11) is 0. The Balaban J connectivity index is 1.74. The molecule has 2 heterocycles. The Morgan fingerprint density at radius 1 is 1.11 bits per heavy atom. The number of ketones is 1. The molecule has 0 radical (unpaired) electrons. The van der Waals surface area contributed by atoms with Gasteiger partial charge in [0.1, 0.15) is 5.76 Å². The molecule has 0 bridgehead atoms. The van der Waals surface area contributed by atoms with Gasteiger partial charge in [0, 0.05) is 10.6 Å². The van der Waals surface area contributed by atoms with E-state index < -0.39 is 17.7 Å². The number of phenolic OH excluding ortho intramolecular Hbond substituents is 1. The summed E-state index contributed by atoms with van der Waals surface area (Å²) in [6, 6.07) is 17.3. The van der Waals surface area contributed by atoms with E-state index in [-0.39, 0.29) is 22.8 Å². The maximum absolute atomic E-state index is 13.3. The van der Waals surface area contributed by atoms with Crippen molar-refractivity contribution in [1.29, 1.82) is 0 Å². The molecule has 0 aliphatic carbocycles. The van der Waals surface area contributed by atoms with Crippen LogP contribution in [0.2, 0.25) is 5.02 Å². The predicted molar refractivity (Wildman–Crippen MR) is 135 cm³/mol. The number of anilines is 1. The highest BCUT2D eigenvalue weighted by Gasteiger charge is 2.48. The first kappa shape index (κ1) is 22.9. The number of para-hydroxylation sites is 1. The fourth-order valence-corrected chi connectivity index (χ4v) is 5.16. The van der Waals surface area contributed by atoms with Crippen molar-refractivity contribution >= 4 is 55.7 Å². The van der Waals surface area contributed by atoms with E-state index in [0.717, 1.165) is 4.70 Å². The zero-order chi connectivity index (χ0) is 24.7. The summed E-state index contributed by atoms with van der Waals surface area (Å²) >= 11 is 7.25. The predicted octanol–water partition coefficient (Wildman–Crippen LogP) is 5.68. The van der Waals surface area contributed by atoms with Crippen molar-refractivity contribution in [2.45, 2.75) is 13.0 Å². The number of ether oxygens (including phenoxy) is 1. The van der Waals surface area contributed by atoms with Crippen LogP contribution in [0.25, 0.3) is 16.0 Å². The molecule has 7 nitrogen and oxygen atoms in total. The summed E-state index contributed by atoms with van der Waals surface area (Å²) in [4.78, 5) is 32.5. The minimum Gasteiger partial charge on any atom is -0.507 e. The van der Waals surface area contributed by atoms with Crippen molar-refractivity contribution in [3.8, 4) is 11.5 Å². The number of aliphatic hydroxyl groups is 1. The molecule has 1 saturated heterocycles. The number of phenols is 1. The van der Waals surface area contributed by atoms with Gasteiger partial charge in [0.15, 0.2) is 16.6 Å². The number of Topliss-reactive ketones (excluding diaryl/α,β-unsaturated/α-hetero) is 1. The zero-order valence-electron chi connectivity index (χ0n) is 18.4. The van der Waals surface area contributed by atoms with Crippen LogP contribution in [0.4, 0.5) is 5.13 Å². The van der Waals surface area contributed by atoms with E-state index in [1.165, 1.54) is 22.3 Å². The molecule has 9 heteroatoms. The Bertz CT molecular complexity index is 1460. The Kier molecular flexibility index (Phi) is 5.92. The highest BCUT2D eigenvalue weighted by molar-refractivity contribution is 7.22. The number of thiazole rings is 1. The summed E-state index contributed by atoms with van der Waals surface area (Å²) < 4.78 is 6.38. The van der Waals surface area contributed by atoms with Gasteiger partial charge in [0.2, 0.25) is 0 Å². The van der Waals surface area contributed by atoms with Crippen molar-refractivity contribution in [3.63, 3.8) is 0 Å². The van der Waals surface area contributed by atoms with Gasteiger partial charge < -0.3 is 14.9 Å². The lowest BCUT2D eigenvalue weighted by molar-refractivity contribution is -0.132. The Morgan fingerprint density at radius 3 is 2.57 bits per heavy atom. The summed E-state index contributed by atoms with van der Waals surface area (Å²) in [6.45, 7) is 2.08. The fraction of sp³-hybridized carbons (Fsp3) is 0.115. The lowest BCUT2D eigenvalue weighted by Crippen LogP contribution is -2.29. The molecule has 0 spiro atoms. The molecule has 4 aromatic rings. The number of benzene rings is 3. The number of carbonyl (C=O) groups is 2. The quantitative estimate of drug-likeness (QED) is 0.205. The third-order valence-electron chi connectivity index (χ3n) is 5.65. The third-order valence-corrected chi connectivity index (χ3v) is 6.94. The van der Waals surface area contributed by atoms with E-state index >= 15 is 0 Å². The average Bonchev–Trinajstić information content (AvgIpc) is 3.39. The molecule has 0 saturated carbocycles. The van der Waals surface area contributed by atoms with Crippen LogP contribution >= 0.6 is 22.9 Å². The number of aliphatic hydroxyl groups excluding tert-OH is 1. The maximum Gasteiger partial charge on any atom is 0.301 e. The second-order valence-corrected chi connectivity index (χ2v) is 9.25. The molecule has 2 N–H and O–H groups in total. The summed E-state index contributed by atoms with van der Waals surface area (Å²) in [5.74, 6) is -1.86. The van der Waals surface area contributed by atoms with Gasteiger partial charge in [0.25, 0.3) is 5.78 Å². The number of nitrogens with zero attached hydrogens (tertiary/aromatic N) is 2. The van der Waals surface area contributed by atoms with Crippen molar-refractivity contribution in [2.24, 2.45) is 0 Å². The molecule has 1 aromatic heterocycles. The molecular formula is C26H19ClN2O5S. The number of aromatic nitrogens is 1. The van der Waals surface area contributed by atoms with Gasteiger partial charge in [-0.3, -0.25) is 14.5 Å². The van der Waals surface area contributed by atoms with Crippen LogP contribution in [0, 0.1) is 0 Å². The molecule has 3 aromatic carbocycles. The number of halogens is 1. The number of hydrogen-bond donors (Lipinski definition) is 2. The summed E-state index contributed by atoms with van der Waals surface area (Å²) in [5.41, 5.74) is 1.40. The number of fused-ring (bicyclic) bond motifs is 1. The first-order valence-electron chi connectivity index (χ1n) is 10.8. The minimum atomic E-state index is -0.994. The summed E-state index contributed by atoms with van der Waals surface area (Å²) in [6.07, 6.45) is 0. The van der Waals surface area contributed by atoms with Crippen LogP contribution in [0.15, 0.2) is 72.3 Å². The van der Waals surface area contributed by atoms with Crippen LogP contribution in [0.5, 0.6) is 11.5 Å². The molecular weight excluding hydrogens is 488 g/mol. The summed E-state index contributed by atoms with van der Waals surface area (Å²) in [5, 5.41) is 22.2. The van der Waals surface area contributed by atoms with Gasteiger partial charge in [-0.05, 0) is 61.0 Å². The molecule has 1 aliphatic heterocycles. The Morgan fingerprint density at radius 2 is 1.86 bits per heavy atom. The van der Waals surface area contributed by atoms with Gasteiger partial charge >= 0.3 is 5.91 Å². The van der Waals surface area contributed by atoms with Gasteiger partial charge in [-0.1, -0.05) is 41.1 Å². The van der Waals surface area contributed by atoms with E-state index in [2.05, 4.69) is 4.98 Å². The number of aromatic hydroxyl groups is 1. The highest BCUT2D eigenvalue weighted by Crippen LogP contribution is 2.45. The first-order chi connectivity index (χ1) is 16.9. The first-order valence-corrected chi connectivity index (χ1v) is 12.0. The lowest BCUT2D eigenvalue weighted by Gasteiger charge is -2.23. The van der Waals surface area contributed by atoms with Crippen molar-refractivity contribution < 1.29 is 24.5 Å². The van der Waals surface area contributed by atoms with Crippen LogP contribution in [0.1, 0.15) is 24.1 Å². The molecule has 35 heavy (non-hydrogen) atoms. The second-order valence-electron chi connectivity index (χ2n) is 7.80. The maximum atomic E-state index is 13.3. The van der Waals surface area contributed by atoms with Crippen LogP contribution in [-0.2, 0) is 9.59 Å². The van der Waals surface area contributed by atoms with Gasteiger partial charge in [-0.25, -0.2) is 4.98 Å². The second kappa shape index (κ2) is 9.05. The van der Waals surface area contributed by atoms with Gasteiger partial charge in [-0.15, -0.1) is 0 Å². The molecule has 5 rings (SSSR count). The van der Waals surface area contributed by atoms with E-state index in [4.69, 9.17) is 16.3 Å². The van der Waals surface area contributed by atoms with Crippen LogP contribution < -0.4 is 9.64 Å². The number of hydrogen-bond acceptors (Lipinski definition) is 7. The van der Waals surface area contributed by atoms with Crippen molar-refractivity contribution in [1.82, 2.24) is 4.98 Å².